The maximum absolute atomic E-state index is 15.0. The smallest absolute Gasteiger partial charge is 0.313 e. The zero-order valence-corrected chi connectivity index (χ0v) is 21.4. The molecule has 11 heteroatoms. The number of fused-ring (bicyclic) bond motifs is 1. The van der Waals surface area contributed by atoms with Crippen molar-refractivity contribution in [3.8, 4) is 11.5 Å². The Morgan fingerprint density at radius 2 is 1.89 bits per heavy atom. The van der Waals surface area contributed by atoms with Crippen molar-refractivity contribution in [3.63, 3.8) is 0 Å². The van der Waals surface area contributed by atoms with Crippen molar-refractivity contribution in [2.24, 2.45) is 0 Å². The summed E-state index contributed by atoms with van der Waals surface area (Å²) in [4.78, 5) is 26.2. The fraction of sp³-hybridized carbons (Fsp3) is 0.259. The lowest BCUT2D eigenvalue weighted by Crippen LogP contribution is -2.41. The number of nitrogens with one attached hydrogen (secondary N) is 1. The van der Waals surface area contributed by atoms with Gasteiger partial charge < -0.3 is 24.8 Å². The third-order valence-corrected chi connectivity index (χ3v) is 6.62. The van der Waals surface area contributed by atoms with Gasteiger partial charge in [0.2, 0.25) is 0 Å². The monoisotopic (exact) mass is 548 g/mol. The van der Waals surface area contributed by atoms with Gasteiger partial charge in [0.05, 0.1) is 28.2 Å². The van der Waals surface area contributed by atoms with Crippen LogP contribution in [0, 0.1) is 17.5 Å². The number of ether oxygens (including phenoxy) is 2. The summed E-state index contributed by atoms with van der Waals surface area (Å²) in [6, 6.07) is 10.2. The molecule has 7 nitrogen and oxygen atoms in total. The number of anilines is 2. The summed E-state index contributed by atoms with van der Waals surface area (Å²) in [6.45, 7) is 3.00. The number of carbonyl (C=O) groups is 2. The number of aliphatic carboxylic acids is 1. The fourth-order valence-electron chi connectivity index (χ4n) is 4.00. The van der Waals surface area contributed by atoms with Crippen LogP contribution in [-0.2, 0) is 10.2 Å². The van der Waals surface area contributed by atoms with Gasteiger partial charge >= 0.3 is 5.97 Å². The van der Waals surface area contributed by atoms with E-state index in [9.17, 15) is 27.9 Å². The molecule has 2 N–H and O–H groups in total. The van der Waals surface area contributed by atoms with E-state index in [2.05, 4.69) is 5.32 Å². The Morgan fingerprint density at radius 1 is 1.16 bits per heavy atom. The summed E-state index contributed by atoms with van der Waals surface area (Å²) in [5.74, 6) is -4.08. The van der Waals surface area contributed by atoms with Gasteiger partial charge in [-0.1, -0.05) is 11.6 Å². The molecular weight excluding hydrogens is 525 g/mol. The lowest BCUT2D eigenvalue weighted by atomic mass is 9.84. The Bertz CT molecular complexity index is 1420. The first kappa shape index (κ1) is 27.1. The number of benzene rings is 3. The van der Waals surface area contributed by atoms with E-state index >= 15 is 0 Å². The second kappa shape index (κ2) is 10.4. The summed E-state index contributed by atoms with van der Waals surface area (Å²) in [5.41, 5.74) is -1.08. The molecule has 1 aliphatic rings. The SMILES string of the molecule is CN1C[C@@H](COc2ccc(C(=O)Nc3ccc(F)c(C(C)(C)C(=O)O)c3)c(Cl)c2F)Oc2cc(F)ccc21. The normalized spacial score (nSPS) is 14.9. The fourth-order valence-corrected chi connectivity index (χ4v) is 4.24. The molecule has 4 rings (SSSR count). The molecule has 1 amide bonds. The summed E-state index contributed by atoms with van der Waals surface area (Å²) in [6.07, 6.45) is -0.529. The van der Waals surface area contributed by atoms with Crippen molar-refractivity contribution in [3.05, 3.63) is 82.1 Å². The minimum absolute atomic E-state index is 0.0726. The average Bonchev–Trinajstić information content (AvgIpc) is 2.85. The molecule has 0 fully saturated rings. The number of hydrogen-bond acceptors (Lipinski definition) is 5. The minimum Gasteiger partial charge on any atom is -0.487 e. The number of rotatable bonds is 7. The highest BCUT2D eigenvalue weighted by Crippen LogP contribution is 2.34. The second-order valence-electron chi connectivity index (χ2n) is 9.36. The maximum Gasteiger partial charge on any atom is 0.313 e. The predicted molar refractivity (Wildman–Crippen MR) is 136 cm³/mol. The van der Waals surface area contributed by atoms with Gasteiger partial charge in [0, 0.05) is 24.4 Å². The predicted octanol–water partition coefficient (Wildman–Crippen LogP) is 5.65. The van der Waals surface area contributed by atoms with E-state index in [1.165, 1.54) is 50.2 Å². The second-order valence-corrected chi connectivity index (χ2v) is 9.74. The molecule has 0 saturated carbocycles. The van der Waals surface area contributed by atoms with Crippen molar-refractivity contribution in [1.82, 2.24) is 0 Å². The first-order chi connectivity index (χ1) is 17.9. The van der Waals surface area contributed by atoms with Crippen LogP contribution in [0.5, 0.6) is 11.5 Å². The van der Waals surface area contributed by atoms with Gasteiger partial charge in [-0.05, 0) is 56.3 Å². The standard InChI is InChI=1S/C27H24ClF3N2O5/c1-27(2,26(35)36)18-11-15(5-7-19(18)30)32-25(34)17-6-9-21(24(31)23(17)28)37-13-16-12-33(3)20-8-4-14(29)10-22(20)38-16/h4-11,16H,12-13H2,1-3H3,(H,32,34)(H,35,36)/t16-/m0/s1. The number of likely N-dealkylation sites (N-methyl/N-ethyl adjacent to an activating group) is 1. The van der Waals surface area contributed by atoms with Crippen molar-refractivity contribution in [2.45, 2.75) is 25.4 Å². The summed E-state index contributed by atoms with van der Waals surface area (Å²) >= 11 is 6.12. The minimum atomic E-state index is -1.55. The van der Waals surface area contributed by atoms with Crippen LogP contribution >= 0.6 is 11.6 Å². The molecule has 0 aliphatic carbocycles. The molecule has 3 aromatic rings. The third kappa shape index (κ3) is 5.35. The summed E-state index contributed by atoms with van der Waals surface area (Å²) < 4.78 is 54.2. The highest BCUT2D eigenvalue weighted by atomic mass is 35.5. The molecule has 1 heterocycles. The van der Waals surface area contributed by atoms with Gasteiger partial charge in [0.1, 0.15) is 30.1 Å². The van der Waals surface area contributed by atoms with Crippen LogP contribution in [0.25, 0.3) is 0 Å². The Labute approximate surface area is 221 Å². The largest absolute Gasteiger partial charge is 0.487 e. The van der Waals surface area contributed by atoms with Crippen molar-refractivity contribution in [2.75, 3.05) is 30.4 Å². The van der Waals surface area contributed by atoms with E-state index in [0.29, 0.717) is 18.0 Å². The number of nitrogens with zero attached hydrogens (tertiary/aromatic N) is 1. The van der Waals surface area contributed by atoms with Crippen molar-refractivity contribution >= 4 is 34.9 Å². The molecule has 1 atom stereocenters. The number of halogens is 4. The van der Waals surface area contributed by atoms with Crippen LogP contribution in [0.15, 0.2) is 48.5 Å². The topological polar surface area (TPSA) is 88.1 Å². The maximum atomic E-state index is 15.0. The number of carbonyl (C=O) groups excluding carboxylic acids is 1. The Morgan fingerprint density at radius 3 is 2.61 bits per heavy atom. The molecule has 0 bridgehead atoms. The van der Waals surface area contributed by atoms with E-state index in [0.717, 1.165) is 6.07 Å². The molecular formula is C27H24ClF3N2O5. The molecule has 200 valence electrons. The van der Waals surface area contributed by atoms with E-state index in [1.807, 2.05) is 11.9 Å². The van der Waals surface area contributed by atoms with Crippen LogP contribution in [0.4, 0.5) is 24.5 Å². The molecule has 0 saturated heterocycles. The zero-order chi connectivity index (χ0) is 27.8. The number of carboxylic acids is 1. The van der Waals surface area contributed by atoms with Crippen LogP contribution < -0.4 is 19.7 Å². The molecule has 0 radical (unpaired) electrons. The number of amides is 1. The third-order valence-electron chi connectivity index (χ3n) is 6.25. The van der Waals surface area contributed by atoms with Gasteiger partial charge in [-0.3, -0.25) is 9.59 Å². The first-order valence-electron chi connectivity index (χ1n) is 11.5. The molecule has 0 spiro atoms. The zero-order valence-electron chi connectivity index (χ0n) is 20.6. The molecule has 1 aliphatic heterocycles. The quantitative estimate of drug-likeness (QED) is 0.397. The lowest BCUT2D eigenvalue weighted by Gasteiger charge is -2.33. The molecule has 0 aromatic heterocycles. The first-order valence-corrected chi connectivity index (χ1v) is 11.9. The number of hydrogen-bond donors (Lipinski definition) is 2. The van der Waals surface area contributed by atoms with Gasteiger partial charge in [-0.2, -0.15) is 0 Å². The van der Waals surface area contributed by atoms with E-state index < -0.39 is 45.9 Å². The Balaban J connectivity index is 1.46. The van der Waals surface area contributed by atoms with Gasteiger partial charge in [0.15, 0.2) is 11.6 Å². The van der Waals surface area contributed by atoms with Crippen LogP contribution in [0.1, 0.15) is 29.8 Å². The molecule has 3 aromatic carbocycles. The Hall–Kier alpha value is -3.92. The van der Waals surface area contributed by atoms with Crippen LogP contribution in [-0.4, -0.2) is 43.3 Å². The summed E-state index contributed by atoms with van der Waals surface area (Å²) in [7, 11) is 1.81. The van der Waals surface area contributed by atoms with Crippen molar-refractivity contribution in [1.29, 1.82) is 0 Å². The lowest BCUT2D eigenvalue weighted by molar-refractivity contribution is -0.142. The number of carboxylic acid groups (broad SMARTS) is 1. The van der Waals surface area contributed by atoms with Gasteiger partial charge in [0.25, 0.3) is 5.91 Å². The molecule has 38 heavy (non-hydrogen) atoms. The van der Waals surface area contributed by atoms with E-state index in [-0.39, 0.29) is 29.2 Å². The Kier molecular flexibility index (Phi) is 7.46. The van der Waals surface area contributed by atoms with E-state index in [4.69, 9.17) is 21.1 Å². The van der Waals surface area contributed by atoms with Gasteiger partial charge in [-0.25, -0.2) is 13.2 Å². The summed E-state index contributed by atoms with van der Waals surface area (Å²) in [5, 5.41) is 11.4. The van der Waals surface area contributed by atoms with Crippen LogP contribution in [0.2, 0.25) is 5.02 Å². The average molecular weight is 549 g/mol. The van der Waals surface area contributed by atoms with Gasteiger partial charge in [-0.15, -0.1) is 0 Å². The van der Waals surface area contributed by atoms with E-state index in [1.54, 1.807) is 6.07 Å². The highest BCUT2D eigenvalue weighted by Gasteiger charge is 2.33. The van der Waals surface area contributed by atoms with Crippen LogP contribution in [0.3, 0.4) is 0 Å². The van der Waals surface area contributed by atoms with Crippen molar-refractivity contribution < 1.29 is 37.3 Å². The highest BCUT2D eigenvalue weighted by molar-refractivity contribution is 6.34. The molecule has 0 unspecified atom stereocenters.